The molecule has 2 aliphatic heterocycles. The maximum atomic E-state index is 11.7. The Kier molecular flexibility index (Phi) is 3.48. The van der Waals surface area contributed by atoms with E-state index in [2.05, 4.69) is 9.97 Å². The molecule has 0 saturated carbocycles. The number of ether oxygens (including phenoxy) is 1. The molecule has 7 heteroatoms. The lowest BCUT2D eigenvalue weighted by Gasteiger charge is -2.24. The van der Waals surface area contributed by atoms with Gasteiger partial charge in [-0.1, -0.05) is 0 Å². The van der Waals surface area contributed by atoms with E-state index in [0.29, 0.717) is 24.8 Å². The fourth-order valence-electron chi connectivity index (χ4n) is 2.94. The first-order valence-electron chi connectivity index (χ1n) is 7.13. The molecule has 1 aromatic rings. The minimum absolute atomic E-state index is 0.0263. The van der Waals surface area contributed by atoms with E-state index in [4.69, 9.17) is 4.74 Å². The van der Waals surface area contributed by atoms with Crippen molar-refractivity contribution in [2.45, 2.75) is 32.7 Å². The molecule has 0 radical (unpaired) electrons. The van der Waals surface area contributed by atoms with E-state index in [1.807, 2.05) is 4.90 Å². The average Bonchev–Trinajstić information content (AvgIpc) is 3.06. The smallest absolute Gasteiger partial charge is 0.415 e. The number of aryl methyl sites for hydroxylation is 1. The lowest BCUT2D eigenvalue weighted by molar-refractivity contribution is -0.129. The van der Waals surface area contributed by atoms with E-state index in [1.165, 1.54) is 4.90 Å². The van der Waals surface area contributed by atoms with Crippen molar-refractivity contribution in [2.75, 3.05) is 24.6 Å². The van der Waals surface area contributed by atoms with Crippen LogP contribution in [0.1, 0.15) is 37.3 Å². The van der Waals surface area contributed by atoms with Gasteiger partial charge in [0.1, 0.15) is 18.2 Å². The van der Waals surface area contributed by atoms with Crippen molar-refractivity contribution in [1.29, 1.82) is 0 Å². The molecule has 0 unspecified atom stereocenters. The van der Waals surface area contributed by atoms with Gasteiger partial charge in [-0.3, -0.25) is 9.69 Å². The molecule has 7 nitrogen and oxygen atoms in total. The van der Waals surface area contributed by atoms with E-state index in [9.17, 15) is 9.59 Å². The van der Waals surface area contributed by atoms with Crippen LogP contribution in [0.25, 0.3) is 0 Å². The van der Waals surface area contributed by atoms with Gasteiger partial charge in [-0.15, -0.1) is 0 Å². The van der Waals surface area contributed by atoms with Crippen LogP contribution in [0.3, 0.4) is 0 Å². The van der Waals surface area contributed by atoms with Gasteiger partial charge in [0.15, 0.2) is 0 Å². The number of hydrogen-bond donors (Lipinski definition) is 0. The van der Waals surface area contributed by atoms with Crippen molar-refractivity contribution >= 4 is 17.8 Å². The van der Waals surface area contributed by atoms with Crippen molar-refractivity contribution in [3.63, 3.8) is 0 Å². The fourth-order valence-corrected chi connectivity index (χ4v) is 2.94. The molecule has 2 saturated heterocycles. The van der Waals surface area contributed by atoms with E-state index < -0.39 is 0 Å². The highest BCUT2D eigenvalue weighted by Gasteiger charge is 2.31. The molecule has 1 atom stereocenters. The summed E-state index contributed by atoms with van der Waals surface area (Å²) in [5.74, 6) is 1.20. The summed E-state index contributed by atoms with van der Waals surface area (Å²) < 4.78 is 4.95. The van der Waals surface area contributed by atoms with Crippen molar-refractivity contribution in [3.05, 3.63) is 17.6 Å². The number of rotatable bonds is 2. The molecule has 112 valence electrons. The third-order valence-electron chi connectivity index (χ3n) is 3.88. The second-order valence-corrected chi connectivity index (χ2v) is 5.33. The number of nitrogens with zero attached hydrogens (tertiary/aromatic N) is 4. The van der Waals surface area contributed by atoms with Crippen LogP contribution < -0.4 is 4.90 Å². The molecule has 1 aromatic heterocycles. The molecular weight excluding hydrogens is 272 g/mol. The Morgan fingerprint density at radius 2 is 2.19 bits per heavy atom. The van der Waals surface area contributed by atoms with E-state index in [-0.39, 0.29) is 18.0 Å². The van der Waals surface area contributed by atoms with Gasteiger partial charge >= 0.3 is 6.09 Å². The average molecular weight is 290 g/mol. The number of carbonyl (C=O) groups is 2. The first kappa shape index (κ1) is 13.8. The lowest BCUT2D eigenvalue weighted by atomic mass is 10.1. The summed E-state index contributed by atoms with van der Waals surface area (Å²) in [5.41, 5.74) is 0.796. The minimum atomic E-state index is -0.381. The third-order valence-corrected chi connectivity index (χ3v) is 3.88. The van der Waals surface area contributed by atoms with Crippen molar-refractivity contribution in [2.24, 2.45) is 0 Å². The molecule has 2 aliphatic rings. The molecule has 0 bridgehead atoms. The van der Waals surface area contributed by atoms with Crippen molar-refractivity contribution < 1.29 is 14.3 Å². The monoisotopic (exact) mass is 290 g/mol. The highest BCUT2D eigenvalue weighted by Crippen LogP contribution is 2.32. The highest BCUT2D eigenvalue weighted by atomic mass is 16.6. The Hall–Kier alpha value is -2.18. The van der Waals surface area contributed by atoms with E-state index >= 15 is 0 Å². The maximum absolute atomic E-state index is 11.7. The van der Waals surface area contributed by atoms with Crippen LogP contribution in [-0.4, -0.2) is 46.6 Å². The van der Waals surface area contributed by atoms with Crippen LogP contribution in [-0.2, 0) is 9.53 Å². The van der Waals surface area contributed by atoms with Crippen LogP contribution in [0.15, 0.2) is 6.07 Å². The number of carbonyl (C=O) groups excluding carboxylic acids is 2. The molecule has 0 N–H and O–H groups in total. The SMILES string of the molecule is CC(=O)N1CCC[C@H]1c1cc(N2CCOC2=O)nc(C)n1. The Morgan fingerprint density at radius 1 is 1.38 bits per heavy atom. The van der Waals surface area contributed by atoms with Crippen molar-refractivity contribution in [1.82, 2.24) is 14.9 Å². The van der Waals surface area contributed by atoms with Crippen LogP contribution in [0.4, 0.5) is 10.6 Å². The number of aromatic nitrogens is 2. The fraction of sp³-hybridized carbons (Fsp3) is 0.571. The summed E-state index contributed by atoms with van der Waals surface area (Å²) in [6, 6.07) is 1.77. The van der Waals surface area contributed by atoms with Crippen LogP contribution in [0, 0.1) is 6.92 Å². The molecule has 21 heavy (non-hydrogen) atoms. The Balaban J connectivity index is 1.94. The zero-order valence-corrected chi connectivity index (χ0v) is 12.2. The molecule has 0 spiro atoms. The molecule has 2 amide bonds. The summed E-state index contributed by atoms with van der Waals surface area (Å²) in [7, 11) is 0. The molecule has 0 aliphatic carbocycles. The van der Waals surface area contributed by atoms with E-state index in [1.54, 1.807) is 19.9 Å². The van der Waals surface area contributed by atoms with Crippen LogP contribution in [0.2, 0.25) is 0 Å². The van der Waals surface area contributed by atoms with Gasteiger partial charge in [-0.25, -0.2) is 14.8 Å². The Bertz CT molecular complexity index is 590. The molecule has 0 aromatic carbocycles. The highest BCUT2D eigenvalue weighted by molar-refractivity contribution is 5.88. The lowest BCUT2D eigenvalue weighted by Crippen LogP contribution is -2.30. The first-order valence-corrected chi connectivity index (χ1v) is 7.13. The normalized spacial score (nSPS) is 21.8. The number of cyclic esters (lactones) is 1. The molecule has 2 fully saturated rings. The Labute approximate surface area is 122 Å². The maximum Gasteiger partial charge on any atom is 0.415 e. The third kappa shape index (κ3) is 2.55. The van der Waals surface area contributed by atoms with Gasteiger partial charge in [0.2, 0.25) is 5.91 Å². The van der Waals surface area contributed by atoms with Gasteiger partial charge in [0, 0.05) is 19.5 Å². The summed E-state index contributed by atoms with van der Waals surface area (Å²) in [5, 5.41) is 0. The second kappa shape index (κ2) is 5.31. The number of amides is 2. The standard InChI is InChI=1S/C14H18N4O3/c1-9-15-11(12-4-3-5-17(12)10(2)19)8-13(16-9)18-6-7-21-14(18)20/h8,12H,3-7H2,1-2H3/t12-/m0/s1. The zero-order chi connectivity index (χ0) is 15.0. The topological polar surface area (TPSA) is 75.6 Å². The molecule has 3 rings (SSSR count). The van der Waals surface area contributed by atoms with E-state index in [0.717, 1.165) is 25.1 Å². The van der Waals surface area contributed by atoms with Crippen molar-refractivity contribution in [3.8, 4) is 0 Å². The van der Waals surface area contributed by atoms with Gasteiger partial charge in [0.25, 0.3) is 0 Å². The summed E-state index contributed by atoms with van der Waals surface area (Å²) in [6.07, 6.45) is 1.47. The van der Waals surface area contributed by atoms with Gasteiger partial charge in [-0.05, 0) is 19.8 Å². The second-order valence-electron chi connectivity index (χ2n) is 5.33. The predicted molar refractivity (Wildman–Crippen MR) is 74.8 cm³/mol. The first-order chi connectivity index (χ1) is 10.1. The quantitative estimate of drug-likeness (QED) is 0.823. The number of anilines is 1. The van der Waals surface area contributed by atoms with Crippen LogP contribution >= 0.6 is 0 Å². The Morgan fingerprint density at radius 3 is 2.86 bits per heavy atom. The summed E-state index contributed by atoms with van der Waals surface area (Å²) >= 11 is 0. The van der Waals surface area contributed by atoms with Gasteiger partial charge in [0.05, 0.1) is 18.3 Å². The minimum Gasteiger partial charge on any atom is -0.447 e. The van der Waals surface area contributed by atoms with Gasteiger partial charge in [-0.2, -0.15) is 0 Å². The number of hydrogen-bond acceptors (Lipinski definition) is 5. The molecule has 3 heterocycles. The predicted octanol–water partition coefficient (Wildman–Crippen LogP) is 1.43. The largest absolute Gasteiger partial charge is 0.447 e. The number of likely N-dealkylation sites (tertiary alicyclic amines) is 1. The summed E-state index contributed by atoms with van der Waals surface area (Å²) in [4.78, 5) is 35.5. The zero-order valence-electron chi connectivity index (χ0n) is 12.2. The van der Waals surface area contributed by atoms with Crippen LogP contribution in [0.5, 0.6) is 0 Å². The molecular formula is C14H18N4O3. The summed E-state index contributed by atoms with van der Waals surface area (Å²) in [6.45, 7) is 4.99. The van der Waals surface area contributed by atoms with Gasteiger partial charge < -0.3 is 9.64 Å².